The highest BCUT2D eigenvalue weighted by Crippen LogP contribution is 2.31. The van der Waals surface area contributed by atoms with Gasteiger partial charge in [-0.15, -0.1) is 0 Å². The number of hydrogen-bond donors (Lipinski definition) is 0. The topological polar surface area (TPSA) is 0 Å². The fraction of sp³-hybridized carbons (Fsp3) is 0.364. The van der Waals surface area contributed by atoms with E-state index in [1.54, 1.807) is 0 Å². The van der Waals surface area contributed by atoms with Crippen LogP contribution in [0.4, 0.5) is 0 Å². The lowest BCUT2D eigenvalue weighted by Gasteiger charge is -2.20. The van der Waals surface area contributed by atoms with Crippen molar-refractivity contribution in [2.24, 2.45) is 0 Å². The summed E-state index contributed by atoms with van der Waals surface area (Å²) in [5, 5.41) is 0. The van der Waals surface area contributed by atoms with Gasteiger partial charge in [-0.25, -0.2) is 0 Å². The number of hydrogen-bond acceptors (Lipinski definition) is 0. The molecule has 70 valence electrons. The van der Waals surface area contributed by atoms with Gasteiger partial charge in [-0.2, -0.15) is 10.5 Å². The van der Waals surface area contributed by atoms with Crippen LogP contribution < -0.4 is 0 Å². The van der Waals surface area contributed by atoms with E-state index in [9.17, 15) is 0 Å². The van der Waals surface area contributed by atoms with Crippen molar-refractivity contribution in [2.75, 3.05) is 11.5 Å². The van der Waals surface area contributed by atoms with Gasteiger partial charge in [0.05, 0.1) is 4.32 Å². The van der Waals surface area contributed by atoms with E-state index in [0.717, 1.165) is 4.32 Å². The molecular formula is C11H13ClS. The molecule has 2 heteroatoms. The minimum Gasteiger partial charge on any atom is -0.167 e. The SMILES string of the molecule is Cc1ccc(C(Cl)=S2CCC2)cc1. The second kappa shape index (κ2) is 3.85. The van der Waals surface area contributed by atoms with E-state index >= 15 is 0 Å². The average molecular weight is 213 g/mol. The van der Waals surface area contributed by atoms with Crippen molar-refractivity contribution in [1.82, 2.24) is 0 Å². The molecule has 1 aromatic carbocycles. The van der Waals surface area contributed by atoms with Gasteiger partial charge in [-0.05, 0) is 30.4 Å². The first-order valence-electron chi connectivity index (χ1n) is 4.54. The zero-order chi connectivity index (χ0) is 9.26. The third kappa shape index (κ3) is 1.97. The minimum absolute atomic E-state index is 0.383. The van der Waals surface area contributed by atoms with E-state index in [2.05, 4.69) is 31.2 Å². The van der Waals surface area contributed by atoms with Gasteiger partial charge < -0.3 is 0 Å². The molecule has 1 heterocycles. The second-order valence-electron chi connectivity index (χ2n) is 3.39. The average Bonchev–Trinajstić information content (AvgIpc) is 2.02. The van der Waals surface area contributed by atoms with Crippen LogP contribution in [0.1, 0.15) is 17.5 Å². The Labute approximate surface area is 86.8 Å². The summed E-state index contributed by atoms with van der Waals surface area (Å²) in [6.45, 7) is 2.10. The van der Waals surface area contributed by atoms with Crippen molar-refractivity contribution in [3.63, 3.8) is 0 Å². The zero-order valence-corrected chi connectivity index (χ0v) is 9.29. The zero-order valence-electron chi connectivity index (χ0n) is 7.72. The lowest BCUT2D eigenvalue weighted by molar-refractivity contribution is 1.06. The number of aryl methyl sites for hydroxylation is 1. The highest BCUT2D eigenvalue weighted by atomic mass is 35.5. The van der Waals surface area contributed by atoms with E-state index in [1.807, 2.05) is 0 Å². The first-order chi connectivity index (χ1) is 6.27. The van der Waals surface area contributed by atoms with Crippen LogP contribution in [0.2, 0.25) is 0 Å². The third-order valence-corrected chi connectivity index (χ3v) is 5.49. The molecule has 0 aromatic heterocycles. The Morgan fingerprint density at radius 1 is 1.23 bits per heavy atom. The molecule has 0 atom stereocenters. The Morgan fingerprint density at radius 3 is 2.31 bits per heavy atom. The molecule has 13 heavy (non-hydrogen) atoms. The molecule has 0 radical (unpaired) electrons. The number of rotatable bonds is 1. The quantitative estimate of drug-likeness (QED) is 0.495. The number of halogens is 1. The van der Waals surface area contributed by atoms with Crippen LogP contribution >= 0.6 is 22.1 Å². The minimum atomic E-state index is 0.383. The summed E-state index contributed by atoms with van der Waals surface area (Å²) < 4.78 is 1.09. The summed E-state index contributed by atoms with van der Waals surface area (Å²) in [6, 6.07) is 8.51. The smallest absolute Gasteiger partial charge is 0.0715 e. The molecule has 2 rings (SSSR count). The molecule has 0 spiro atoms. The second-order valence-corrected chi connectivity index (χ2v) is 6.21. The normalized spacial score (nSPS) is 16.8. The van der Waals surface area contributed by atoms with Gasteiger partial charge in [-0.3, -0.25) is 0 Å². The first kappa shape index (κ1) is 9.29. The maximum Gasteiger partial charge on any atom is 0.0715 e. The van der Waals surface area contributed by atoms with Gasteiger partial charge in [0.15, 0.2) is 0 Å². The predicted molar refractivity (Wildman–Crippen MR) is 63.1 cm³/mol. The van der Waals surface area contributed by atoms with E-state index in [-0.39, 0.29) is 0 Å². The standard InChI is InChI=1S/C11H13ClS/c1-9-3-5-10(6-4-9)11(12)13-7-2-8-13/h3-6H,2,7-8H2,1H3. The van der Waals surface area contributed by atoms with Gasteiger partial charge in [0.25, 0.3) is 0 Å². The highest BCUT2D eigenvalue weighted by Gasteiger charge is 2.12. The Bertz CT molecular complexity index is 332. The summed E-state index contributed by atoms with van der Waals surface area (Å²) in [6.07, 6.45) is 1.35. The van der Waals surface area contributed by atoms with Crippen LogP contribution in [0.3, 0.4) is 0 Å². The van der Waals surface area contributed by atoms with Crippen LogP contribution in [0.5, 0.6) is 0 Å². The molecule has 0 amide bonds. The molecule has 1 aliphatic rings. The fourth-order valence-electron chi connectivity index (χ4n) is 1.32. The molecule has 1 fully saturated rings. The van der Waals surface area contributed by atoms with Crippen molar-refractivity contribution < 1.29 is 0 Å². The lowest BCUT2D eigenvalue weighted by Crippen LogP contribution is -2.07. The Kier molecular flexibility index (Phi) is 2.75. The molecule has 0 N–H and O–H groups in total. The molecule has 0 unspecified atom stereocenters. The van der Waals surface area contributed by atoms with Crippen molar-refractivity contribution >= 4 is 26.4 Å². The third-order valence-electron chi connectivity index (χ3n) is 2.31. The van der Waals surface area contributed by atoms with Gasteiger partial charge in [-0.1, -0.05) is 41.4 Å². The molecule has 1 aliphatic heterocycles. The molecule has 1 saturated heterocycles. The monoisotopic (exact) mass is 212 g/mol. The van der Waals surface area contributed by atoms with Crippen LogP contribution in [-0.2, 0) is 0 Å². The maximum atomic E-state index is 6.29. The van der Waals surface area contributed by atoms with Gasteiger partial charge in [0, 0.05) is 0 Å². The van der Waals surface area contributed by atoms with Gasteiger partial charge >= 0.3 is 0 Å². The molecular weight excluding hydrogens is 200 g/mol. The van der Waals surface area contributed by atoms with E-state index in [0.29, 0.717) is 10.5 Å². The fourth-order valence-corrected chi connectivity index (χ4v) is 3.31. The van der Waals surface area contributed by atoms with E-state index < -0.39 is 0 Å². The summed E-state index contributed by atoms with van der Waals surface area (Å²) >= 11 is 6.29. The maximum absolute atomic E-state index is 6.29. The predicted octanol–water partition coefficient (Wildman–Crippen LogP) is 3.38. The molecule has 1 aromatic rings. The van der Waals surface area contributed by atoms with Crippen LogP contribution in [-0.4, -0.2) is 15.8 Å². The highest BCUT2D eigenvalue weighted by molar-refractivity contribution is 8.18. The van der Waals surface area contributed by atoms with E-state index in [4.69, 9.17) is 11.6 Å². The molecule has 0 nitrogen and oxygen atoms in total. The van der Waals surface area contributed by atoms with Crippen LogP contribution in [0, 0.1) is 6.92 Å². The Hall–Kier alpha value is -0.270. The number of benzene rings is 1. The van der Waals surface area contributed by atoms with Crippen molar-refractivity contribution in [3.05, 3.63) is 35.4 Å². The summed E-state index contributed by atoms with van der Waals surface area (Å²) in [5.41, 5.74) is 2.51. The van der Waals surface area contributed by atoms with Crippen LogP contribution in [0.25, 0.3) is 0 Å². The van der Waals surface area contributed by atoms with E-state index in [1.165, 1.54) is 29.1 Å². The summed E-state index contributed by atoms with van der Waals surface area (Å²) in [7, 11) is 0.383. The summed E-state index contributed by atoms with van der Waals surface area (Å²) in [4.78, 5) is 0. The first-order valence-corrected chi connectivity index (χ1v) is 6.48. The molecule has 0 aliphatic carbocycles. The molecule has 0 bridgehead atoms. The Balaban J connectivity index is 2.30. The largest absolute Gasteiger partial charge is 0.167 e. The summed E-state index contributed by atoms with van der Waals surface area (Å²) in [5.74, 6) is 2.60. The van der Waals surface area contributed by atoms with Gasteiger partial charge in [0.2, 0.25) is 0 Å². The van der Waals surface area contributed by atoms with Crippen molar-refractivity contribution in [1.29, 1.82) is 0 Å². The Morgan fingerprint density at radius 2 is 1.85 bits per heavy atom. The lowest BCUT2D eigenvalue weighted by atomic mass is 10.2. The van der Waals surface area contributed by atoms with Gasteiger partial charge in [0.1, 0.15) is 0 Å². The van der Waals surface area contributed by atoms with Crippen molar-refractivity contribution in [2.45, 2.75) is 13.3 Å². The molecule has 0 saturated carbocycles. The van der Waals surface area contributed by atoms with Crippen LogP contribution in [0.15, 0.2) is 24.3 Å². The van der Waals surface area contributed by atoms with Crippen molar-refractivity contribution in [3.8, 4) is 0 Å².